The van der Waals surface area contributed by atoms with Crippen molar-refractivity contribution in [1.29, 1.82) is 0 Å². The van der Waals surface area contributed by atoms with E-state index in [0.717, 1.165) is 64.6 Å². The molecule has 7 nitrogen and oxygen atoms in total. The zero-order chi connectivity index (χ0) is 16.9. The van der Waals surface area contributed by atoms with Crippen molar-refractivity contribution in [1.82, 2.24) is 19.8 Å². The first-order valence-corrected chi connectivity index (χ1v) is 8.79. The molecule has 0 radical (unpaired) electrons. The lowest BCUT2D eigenvalue weighted by atomic mass is 10.2. The number of aromatic nitrogens is 2. The normalized spacial score (nSPS) is 20.2. The van der Waals surface area contributed by atoms with Crippen molar-refractivity contribution in [2.45, 2.75) is 25.8 Å². The van der Waals surface area contributed by atoms with Gasteiger partial charge in [-0.3, -0.25) is 14.7 Å². The maximum atomic E-state index is 12.5. The number of nitrogens with zero attached hydrogens (tertiary/aromatic N) is 5. The molecule has 3 rings (SSSR count). The maximum absolute atomic E-state index is 12.5. The molecule has 3 heterocycles. The highest BCUT2D eigenvalue weighted by Crippen LogP contribution is 2.15. The molecule has 2 aliphatic heterocycles. The second-order valence-corrected chi connectivity index (χ2v) is 6.64. The van der Waals surface area contributed by atoms with Crippen molar-refractivity contribution in [2.75, 3.05) is 57.9 Å². The third-order valence-electron chi connectivity index (χ3n) is 4.83. The van der Waals surface area contributed by atoms with Gasteiger partial charge >= 0.3 is 0 Å². The Kier molecular flexibility index (Phi) is 5.63. The standard InChI is InChI=1S/C17H27N5O2/c1-14(21-7-9-24-10-8-21)13-20(2)16-12-18-11-15(19-16)17(23)22-5-3-4-6-22/h11-12,14H,3-10,13H2,1-2H3. The Morgan fingerprint density at radius 1 is 1.25 bits per heavy atom. The molecule has 7 heteroatoms. The van der Waals surface area contributed by atoms with Gasteiger partial charge < -0.3 is 14.5 Å². The van der Waals surface area contributed by atoms with Gasteiger partial charge in [-0.2, -0.15) is 0 Å². The van der Waals surface area contributed by atoms with Crippen molar-refractivity contribution in [3.63, 3.8) is 0 Å². The Morgan fingerprint density at radius 2 is 1.96 bits per heavy atom. The predicted molar refractivity (Wildman–Crippen MR) is 92.3 cm³/mol. The Bertz CT molecular complexity index is 556. The van der Waals surface area contributed by atoms with Crippen LogP contribution < -0.4 is 4.90 Å². The van der Waals surface area contributed by atoms with Gasteiger partial charge in [0.1, 0.15) is 11.5 Å². The van der Waals surface area contributed by atoms with E-state index in [-0.39, 0.29) is 5.91 Å². The lowest BCUT2D eigenvalue weighted by Crippen LogP contribution is -2.47. The summed E-state index contributed by atoms with van der Waals surface area (Å²) in [5, 5.41) is 0. The van der Waals surface area contributed by atoms with Crippen LogP contribution >= 0.6 is 0 Å². The first-order chi connectivity index (χ1) is 11.6. The molecule has 0 saturated carbocycles. The van der Waals surface area contributed by atoms with Gasteiger partial charge in [0.15, 0.2) is 0 Å². The van der Waals surface area contributed by atoms with Crippen LogP contribution in [0, 0.1) is 0 Å². The largest absolute Gasteiger partial charge is 0.379 e. The molecule has 132 valence electrons. The fourth-order valence-electron chi connectivity index (χ4n) is 3.35. The SMILES string of the molecule is CC(CN(C)c1cncc(C(=O)N2CCCC2)n1)N1CCOCC1. The highest BCUT2D eigenvalue weighted by atomic mass is 16.5. The van der Waals surface area contributed by atoms with Crippen molar-refractivity contribution in [3.05, 3.63) is 18.1 Å². The molecule has 0 aliphatic carbocycles. The molecule has 2 aliphatic rings. The Hall–Kier alpha value is -1.73. The molecule has 1 aromatic heterocycles. The van der Waals surface area contributed by atoms with Gasteiger partial charge in [0, 0.05) is 45.8 Å². The Morgan fingerprint density at radius 3 is 2.67 bits per heavy atom. The summed E-state index contributed by atoms with van der Waals surface area (Å²) in [7, 11) is 2.01. The number of hydrogen-bond acceptors (Lipinski definition) is 6. The lowest BCUT2D eigenvalue weighted by Gasteiger charge is -2.34. The average Bonchev–Trinajstić information content (AvgIpc) is 3.16. The summed E-state index contributed by atoms with van der Waals surface area (Å²) in [5.74, 6) is 0.747. The lowest BCUT2D eigenvalue weighted by molar-refractivity contribution is 0.0217. The second-order valence-electron chi connectivity index (χ2n) is 6.64. The first kappa shape index (κ1) is 17.1. The molecule has 2 saturated heterocycles. The van der Waals surface area contributed by atoms with Crippen molar-refractivity contribution in [2.24, 2.45) is 0 Å². The number of likely N-dealkylation sites (tertiary alicyclic amines) is 1. The zero-order valence-electron chi connectivity index (χ0n) is 14.6. The molecule has 0 spiro atoms. The van der Waals surface area contributed by atoms with Gasteiger partial charge in [-0.05, 0) is 19.8 Å². The first-order valence-electron chi connectivity index (χ1n) is 8.79. The summed E-state index contributed by atoms with van der Waals surface area (Å²) in [6.45, 7) is 8.25. The fraction of sp³-hybridized carbons (Fsp3) is 0.706. The molecule has 1 atom stereocenters. The van der Waals surface area contributed by atoms with Crippen LogP contribution in [0.3, 0.4) is 0 Å². The van der Waals surface area contributed by atoms with Crippen LogP contribution in [0.4, 0.5) is 5.82 Å². The number of ether oxygens (including phenoxy) is 1. The van der Waals surface area contributed by atoms with E-state index >= 15 is 0 Å². The summed E-state index contributed by atoms with van der Waals surface area (Å²) >= 11 is 0. The third-order valence-corrected chi connectivity index (χ3v) is 4.83. The number of anilines is 1. The van der Waals surface area contributed by atoms with Gasteiger partial charge in [-0.1, -0.05) is 0 Å². The van der Waals surface area contributed by atoms with E-state index in [0.29, 0.717) is 11.7 Å². The average molecular weight is 333 g/mol. The molecule has 1 aromatic rings. The fourth-order valence-corrected chi connectivity index (χ4v) is 3.35. The number of amides is 1. The van der Waals surface area contributed by atoms with E-state index < -0.39 is 0 Å². The minimum Gasteiger partial charge on any atom is -0.379 e. The minimum absolute atomic E-state index is 0.00326. The Labute approximate surface area is 143 Å². The molecule has 1 amide bonds. The van der Waals surface area contributed by atoms with E-state index in [1.54, 1.807) is 12.4 Å². The van der Waals surface area contributed by atoms with Gasteiger partial charge in [-0.25, -0.2) is 4.98 Å². The number of rotatable bonds is 5. The molecule has 0 N–H and O–H groups in total. The molecular weight excluding hydrogens is 306 g/mol. The quantitative estimate of drug-likeness (QED) is 0.797. The van der Waals surface area contributed by atoms with Gasteiger partial charge in [-0.15, -0.1) is 0 Å². The van der Waals surface area contributed by atoms with Crippen LogP contribution in [0.25, 0.3) is 0 Å². The molecular formula is C17H27N5O2. The van der Waals surface area contributed by atoms with Gasteiger partial charge in [0.25, 0.3) is 5.91 Å². The van der Waals surface area contributed by atoms with E-state index in [2.05, 4.69) is 26.7 Å². The van der Waals surface area contributed by atoms with Crippen LogP contribution in [-0.2, 0) is 4.74 Å². The van der Waals surface area contributed by atoms with Gasteiger partial charge in [0.05, 0.1) is 25.6 Å². The van der Waals surface area contributed by atoms with Crippen LogP contribution in [-0.4, -0.2) is 84.7 Å². The summed E-state index contributed by atoms with van der Waals surface area (Å²) in [5.41, 5.74) is 0.445. The summed E-state index contributed by atoms with van der Waals surface area (Å²) in [4.78, 5) is 27.6. The number of carbonyl (C=O) groups is 1. The molecule has 0 aromatic carbocycles. The zero-order valence-corrected chi connectivity index (χ0v) is 14.6. The van der Waals surface area contributed by atoms with Crippen LogP contribution in [0.5, 0.6) is 0 Å². The number of hydrogen-bond donors (Lipinski definition) is 0. The monoisotopic (exact) mass is 333 g/mol. The summed E-state index contributed by atoms with van der Waals surface area (Å²) < 4.78 is 5.41. The molecule has 1 unspecified atom stereocenters. The molecule has 24 heavy (non-hydrogen) atoms. The van der Waals surface area contributed by atoms with Crippen molar-refractivity contribution >= 4 is 11.7 Å². The number of morpholine rings is 1. The van der Waals surface area contributed by atoms with Crippen LogP contribution in [0.1, 0.15) is 30.3 Å². The van der Waals surface area contributed by atoms with Gasteiger partial charge in [0.2, 0.25) is 0 Å². The van der Waals surface area contributed by atoms with Crippen molar-refractivity contribution in [3.8, 4) is 0 Å². The number of likely N-dealkylation sites (N-methyl/N-ethyl adjacent to an activating group) is 1. The van der Waals surface area contributed by atoms with Crippen LogP contribution in [0.2, 0.25) is 0 Å². The second kappa shape index (κ2) is 7.90. The van der Waals surface area contributed by atoms with E-state index in [1.807, 2.05) is 11.9 Å². The smallest absolute Gasteiger partial charge is 0.274 e. The predicted octanol–water partition coefficient (Wildman–Crippen LogP) is 0.870. The molecule has 2 fully saturated rings. The topological polar surface area (TPSA) is 61.8 Å². The summed E-state index contributed by atoms with van der Waals surface area (Å²) in [6, 6.07) is 0.402. The minimum atomic E-state index is -0.00326. The highest BCUT2D eigenvalue weighted by Gasteiger charge is 2.22. The highest BCUT2D eigenvalue weighted by molar-refractivity contribution is 5.92. The van der Waals surface area contributed by atoms with E-state index in [1.165, 1.54) is 0 Å². The summed E-state index contributed by atoms with van der Waals surface area (Å²) in [6.07, 6.45) is 5.46. The number of carbonyl (C=O) groups excluding carboxylic acids is 1. The molecule has 0 bridgehead atoms. The third kappa shape index (κ3) is 4.02. The maximum Gasteiger partial charge on any atom is 0.274 e. The van der Waals surface area contributed by atoms with E-state index in [4.69, 9.17) is 4.74 Å². The van der Waals surface area contributed by atoms with Crippen LogP contribution in [0.15, 0.2) is 12.4 Å². The Balaban J connectivity index is 1.63. The van der Waals surface area contributed by atoms with Crippen molar-refractivity contribution < 1.29 is 9.53 Å². The van der Waals surface area contributed by atoms with E-state index in [9.17, 15) is 4.79 Å².